The second kappa shape index (κ2) is 13.9. The molecule has 45 heavy (non-hydrogen) atoms. The van der Waals surface area contributed by atoms with Crippen molar-refractivity contribution >= 4 is 21.8 Å². The Bertz CT molecular complexity index is 1710. The number of carboxylic acids is 1. The van der Waals surface area contributed by atoms with E-state index in [1.54, 1.807) is 0 Å². The van der Waals surface area contributed by atoms with Gasteiger partial charge in [-0.1, -0.05) is 53.9 Å². The summed E-state index contributed by atoms with van der Waals surface area (Å²) in [4.78, 5) is 11.1. The fourth-order valence-corrected chi connectivity index (χ4v) is 7.46. The Labute approximate surface area is 269 Å². The van der Waals surface area contributed by atoms with Gasteiger partial charge < -0.3 is 24.1 Å². The van der Waals surface area contributed by atoms with Crippen LogP contribution in [0.4, 0.5) is 0 Å². The maximum atomic E-state index is 11.1. The minimum Gasteiger partial charge on any atom is -0.550 e. The van der Waals surface area contributed by atoms with Gasteiger partial charge in [-0.2, -0.15) is 10.5 Å². The summed E-state index contributed by atoms with van der Waals surface area (Å²) in [6.45, 7) is 5.84. The summed E-state index contributed by atoms with van der Waals surface area (Å²) < 4.78 is 18.3. The zero-order valence-electron chi connectivity index (χ0n) is 26.3. The molecule has 3 atom stereocenters. The van der Waals surface area contributed by atoms with Crippen LogP contribution in [0.5, 0.6) is 17.2 Å². The quantitative estimate of drug-likeness (QED) is 0.123. The molecule has 0 aromatic heterocycles. The number of carbonyl (C=O) groups excluding carboxylic acids is 1. The van der Waals surface area contributed by atoms with Crippen molar-refractivity contribution in [3.05, 3.63) is 112 Å². The average Bonchev–Trinajstić information content (AvgIpc) is 3.43. The number of aryl methyl sites for hydroxylation is 1. The van der Waals surface area contributed by atoms with Crippen molar-refractivity contribution < 1.29 is 24.1 Å². The third kappa shape index (κ3) is 7.28. The zero-order chi connectivity index (χ0) is 31.3. The molecule has 6 heteroatoms. The molecule has 5 nitrogen and oxygen atoms in total. The molecule has 4 aromatic carbocycles. The van der Waals surface area contributed by atoms with Gasteiger partial charge in [0.1, 0.15) is 23.9 Å². The Balaban J connectivity index is 1.24. The summed E-state index contributed by atoms with van der Waals surface area (Å²) in [6.07, 6.45) is 5.25. The van der Waals surface area contributed by atoms with Crippen molar-refractivity contribution in [1.82, 2.24) is 0 Å². The molecular formula is C39H41O5S-. The molecule has 3 unspecified atom stereocenters. The highest BCUT2D eigenvalue weighted by molar-refractivity contribution is 8.14. The van der Waals surface area contributed by atoms with E-state index in [0.29, 0.717) is 41.1 Å². The molecule has 4 aromatic rings. The molecule has 1 aliphatic carbocycles. The van der Waals surface area contributed by atoms with Gasteiger partial charge in [0.15, 0.2) is 0 Å². The lowest BCUT2D eigenvalue weighted by Crippen LogP contribution is -2.24. The van der Waals surface area contributed by atoms with Gasteiger partial charge in [0.05, 0.1) is 13.2 Å². The Kier molecular flexibility index (Phi) is 9.60. The van der Waals surface area contributed by atoms with Crippen LogP contribution in [0, 0.1) is 6.92 Å². The summed E-state index contributed by atoms with van der Waals surface area (Å²) in [5.74, 6) is 2.64. The first kappa shape index (κ1) is 31.0. The third-order valence-corrected chi connectivity index (χ3v) is 10.7. The van der Waals surface area contributed by atoms with E-state index in [1.807, 2.05) is 18.2 Å². The molecule has 0 amide bonds. The predicted octanol–water partition coefficient (Wildman–Crippen LogP) is 7.23. The van der Waals surface area contributed by atoms with Crippen molar-refractivity contribution in [1.29, 1.82) is 0 Å². The number of rotatable bonds is 12. The Morgan fingerprint density at radius 1 is 0.956 bits per heavy atom. The van der Waals surface area contributed by atoms with Crippen molar-refractivity contribution in [2.45, 2.75) is 58.0 Å². The minimum absolute atomic E-state index is 0.0422. The van der Waals surface area contributed by atoms with E-state index < -0.39 is 5.97 Å². The van der Waals surface area contributed by atoms with Crippen LogP contribution in [-0.2, 0) is 24.2 Å². The zero-order valence-corrected chi connectivity index (χ0v) is 27.2. The van der Waals surface area contributed by atoms with E-state index in [9.17, 15) is 9.90 Å². The Hall–Kier alpha value is -4.03. The van der Waals surface area contributed by atoms with E-state index in [1.165, 1.54) is 39.1 Å². The summed E-state index contributed by atoms with van der Waals surface area (Å²) in [6, 6.07) is 27.7. The molecular weight excluding hydrogens is 580 g/mol. The monoisotopic (exact) mass is 621 g/mol. The van der Waals surface area contributed by atoms with E-state index in [-0.39, 0.29) is 12.3 Å². The lowest BCUT2D eigenvalue weighted by Gasteiger charge is -2.30. The van der Waals surface area contributed by atoms with E-state index >= 15 is 0 Å². The van der Waals surface area contributed by atoms with Crippen LogP contribution in [0.2, 0.25) is 0 Å². The SMILES string of the molecule is C/C=S(\C)CCCOc1cc(C)c2c(c1)CC(Cc1ccccc1)c1ccc(COc3ccc4c(c3)OCC4CC(=O)[O-])cc1-2. The number of aliphatic carboxylic acids is 1. The first-order valence-corrected chi connectivity index (χ1v) is 17.7. The van der Waals surface area contributed by atoms with Crippen molar-refractivity contribution in [2.24, 2.45) is 0 Å². The third-order valence-electron chi connectivity index (χ3n) is 8.97. The first-order chi connectivity index (χ1) is 21.9. The summed E-state index contributed by atoms with van der Waals surface area (Å²) >= 11 is 0. The van der Waals surface area contributed by atoms with Gasteiger partial charge in [-0.15, -0.1) is 0 Å². The molecule has 1 heterocycles. The van der Waals surface area contributed by atoms with Gasteiger partial charge in [0.25, 0.3) is 0 Å². The van der Waals surface area contributed by atoms with Gasteiger partial charge in [-0.25, -0.2) is 0 Å². The van der Waals surface area contributed by atoms with Crippen molar-refractivity contribution in [2.75, 3.05) is 25.2 Å². The predicted molar refractivity (Wildman–Crippen MR) is 182 cm³/mol. The molecule has 0 radical (unpaired) electrons. The number of ether oxygens (including phenoxy) is 3. The molecule has 0 fully saturated rings. The molecule has 1 aliphatic heterocycles. The van der Waals surface area contributed by atoms with Crippen LogP contribution in [0.3, 0.4) is 0 Å². The molecule has 0 spiro atoms. The molecule has 0 saturated carbocycles. The molecule has 6 rings (SSSR count). The van der Waals surface area contributed by atoms with Crippen molar-refractivity contribution in [3.63, 3.8) is 0 Å². The summed E-state index contributed by atoms with van der Waals surface area (Å²) in [5, 5.41) is 13.4. The van der Waals surface area contributed by atoms with Crippen LogP contribution < -0.4 is 19.3 Å². The lowest BCUT2D eigenvalue weighted by atomic mass is 9.74. The van der Waals surface area contributed by atoms with E-state index in [2.05, 4.69) is 86.1 Å². The molecule has 0 bridgehead atoms. The maximum absolute atomic E-state index is 11.1. The number of hydrogen-bond acceptors (Lipinski definition) is 5. The highest BCUT2D eigenvalue weighted by atomic mass is 32.2. The lowest BCUT2D eigenvalue weighted by molar-refractivity contribution is -0.306. The van der Waals surface area contributed by atoms with Gasteiger partial charge in [-0.05, 0) is 121 Å². The minimum atomic E-state index is -1.06. The van der Waals surface area contributed by atoms with E-state index in [4.69, 9.17) is 14.2 Å². The highest BCUT2D eigenvalue weighted by Crippen LogP contribution is 2.45. The molecule has 0 N–H and O–H groups in total. The maximum Gasteiger partial charge on any atom is 0.126 e. The smallest absolute Gasteiger partial charge is 0.126 e. The van der Waals surface area contributed by atoms with Crippen LogP contribution in [0.15, 0.2) is 78.9 Å². The number of carbonyl (C=O) groups is 1. The number of carboxylic acid groups (broad SMARTS) is 1. The van der Waals surface area contributed by atoms with Crippen LogP contribution in [0.25, 0.3) is 11.1 Å². The fraction of sp³-hybridized carbons (Fsp3) is 0.333. The topological polar surface area (TPSA) is 67.8 Å². The average molecular weight is 622 g/mol. The van der Waals surface area contributed by atoms with Gasteiger partial charge >= 0.3 is 0 Å². The summed E-state index contributed by atoms with van der Waals surface area (Å²) in [7, 11) is 0.346. The number of hydrogen-bond donors (Lipinski definition) is 0. The van der Waals surface area contributed by atoms with Gasteiger partial charge in [0.2, 0.25) is 0 Å². The molecule has 234 valence electrons. The Morgan fingerprint density at radius 2 is 1.78 bits per heavy atom. The van der Waals surface area contributed by atoms with E-state index in [0.717, 1.165) is 42.7 Å². The fourth-order valence-electron chi connectivity index (χ4n) is 6.65. The largest absolute Gasteiger partial charge is 0.550 e. The number of benzene rings is 4. The number of fused-ring (bicyclic) bond motifs is 4. The van der Waals surface area contributed by atoms with Crippen LogP contribution in [-0.4, -0.2) is 36.6 Å². The normalized spacial score (nSPS) is 17.1. The van der Waals surface area contributed by atoms with Gasteiger partial charge in [0, 0.05) is 23.5 Å². The Morgan fingerprint density at radius 3 is 2.58 bits per heavy atom. The second-order valence-electron chi connectivity index (χ2n) is 12.2. The summed E-state index contributed by atoms with van der Waals surface area (Å²) in [5.41, 5.74) is 9.88. The standard InChI is InChI=1S/C39H42O5S/c1-4-45(3)16-8-15-42-33-17-26(2)39-30(21-33)20-29(18-27-9-6-5-7-10-27)34-13-11-28(19-36(34)39)24-43-32-12-14-35-31(22-38(40)41)25-44-37(35)23-32/h4-7,9-14,17,19,21,23,29,31H,8,15-16,18,20,22,24-25H2,1-3H3,(H,40,41)/p-1. The van der Waals surface area contributed by atoms with Crippen LogP contribution >= 0.6 is 10.5 Å². The molecule has 0 saturated heterocycles. The molecule has 2 aliphatic rings. The first-order valence-electron chi connectivity index (χ1n) is 15.8. The van der Waals surface area contributed by atoms with Crippen molar-refractivity contribution in [3.8, 4) is 28.4 Å². The highest BCUT2D eigenvalue weighted by Gasteiger charge is 2.28. The van der Waals surface area contributed by atoms with Gasteiger partial charge in [-0.3, -0.25) is 0 Å². The van der Waals surface area contributed by atoms with Crippen LogP contribution in [0.1, 0.15) is 65.0 Å². The second-order valence-corrected chi connectivity index (χ2v) is 14.5.